The van der Waals surface area contributed by atoms with Crippen molar-refractivity contribution in [2.75, 3.05) is 0 Å². The summed E-state index contributed by atoms with van der Waals surface area (Å²) < 4.78 is 2.00. The van der Waals surface area contributed by atoms with Crippen molar-refractivity contribution in [1.29, 1.82) is 0 Å². The van der Waals surface area contributed by atoms with Crippen molar-refractivity contribution in [2.24, 2.45) is 0 Å². The summed E-state index contributed by atoms with van der Waals surface area (Å²) in [5, 5.41) is 8.10. The molecule has 0 amide bonds. The van der Waals surface area contributed by atoms with Gasteiger partial charge in [0.25, 0.3) is 0 Å². The van der Waals surface area contributed by atoms with Crippen molar-refractivity contribution >= 4 is 0 Å². The van der Waals surface area contributed by atoms with Crippen molar-refractivity contribution in [2.45, 2.75) is 46.2 Å². The van der Waals surface area contributed by atoms with E-state index in [-0.39, 0.29) is 6.04 Å². The molecule has 1 aromatic carbocycles. The van der Waals surface area contributed by atoms with Crippen LogP contribution in [0.3, 0.4) is 0 Å². The molecule has 1 N–H and O–H groups in total. The van der Waals surface area contributed by atoms with E-state index in [0.717, 1.165) is 30.8 Å². The molecule has 1 heterocycles. The van der Waals surface area contributed by atoms with Gasteiger partial charge in [0.05, 0.1) is 17.4 Å². The van der Waals surface area contributed by atoms with E-state index >= 15 is 0 Å². The van der Waals surface area contributed by atoms with Gasteiger partial charge in [-0.3, -0.25) is 5.32 Å². The summed E-state index contributed by atoms with van der Waals surface area (Å²) in [5.41, 5.74) is 4.54. The second kappa shape index (κ2) is 7.10. The number of nitrogens with one attached hydrogen (secondary N) is 1. The van der Waals surface area contributed by atoms with Crippen LogP contribution in [0.5, 0.6) is 0 Å². The summed E-state index contributed by atoms with van der Waals surface area (Å²) in [7, 11) is 0. The van der Waals surface area contributed by atoms with Gasteiger partial charge in [-0.1, -0.05) is 37.5 Å². The van der Waals surface area contributed by atoms with Crippen LogP contribution < -0.4 is 5.32 Å². The number of nitrogens with zero attached hydrogens (tertiary/aromatic N) is 2. The highest BCUT2D eigenvalue weighted by molar-refractivity contribution is 5.36. The quantitative estimate of drug-likeness (QED) is 0.823. The van der Waals surface area contributed by atoms with Crippen molar-refractivity contribution < 1.29 is 0 Å². The molecule has 0 saturated heterocycles. The van der Waals surface area contributed by atoms with Crippen molar-refractivity contribution in [3.63, 3.8) is 0 Å². The number of aromatic nitrogens is 2. The zero-order chi connectivity index (χ0) is 15.2. The molecule has 3 nitrogen and oxygen atoms in total. The molecular formula is C18H23N3. The van der Waals surface area contributed by atoms with Crippen LogP contribution in [-0.4, -0.2) is 15.8 Å². The molecule has 2 rings (SSSR count). The fourth-order valence-corrected chi connectivity index (χ4v) is 2.51. The number of aryl methyl sites for hydroxylation is 1. The van der Waals surface area contributed by atoms with E-state index in [2.05, 4.69) is 42.3 Å². The number of hydrogen-bond donors (Lipinski definition) is 1. The smallest absolute Gasteiger partial charge is 0.0689 e. The lowest BCUT2D eigenvalue weighted by Gasteiger charge is -2.12. The van der Waals surface area contributed by atoms with Crippen molar-refractivity contribution in [3.05, 3.63) is 47.3 Å². The molecule has 0 bridgehead atoms. The van der Waals surface area contributed by atoms with Gasteiger partial charge >= 0.3 is 0 Å². The van der Waals surface area contributed by atoms with Crippen LogP contribution in [0.1, 0.15) is 36.7 Å². The van der Waals surface area contributed by atoms with E-state index in [9.17, 15) is 0 Å². The van der Waals surface area contributed by atoms with E-state index in [1.54, 1.807) is 0 Å². The number of hydrogen-bond acceptors (Lipinski definition) is 2. The summed E-state index contributed by atoms with van der Waals surface area (Å²) in [6, 6.07) is 10.3. The van der Waals surface area contributed by atoms with E-state index in [4.69, 9.17) is 6.42 Å². The topological polar surface area (TPSA) is 29.9 Å². The molecule has 3 heteroatoms. The Hall–Kier alpha value is -2.05. The van der Waals surface area contributed by atoms with E-state index < -0.39 is 0 Å². The van der Waals surface area contributed by atoms with Crippen LogP contribution in [0, 0.1) is 26.2 Å². The fraction of sp³-hybridized carbons (Fsp3) is 0.389. The molecule has 21 heavy (non-hydrogen) atoms. The van der Waals surface area contributed by atoms with Gasteiger partial charge in [-0.05, 0) is 32.4 Å². The lowest BCUT2D eigenvalue weighted by Crippen LogP contribution is -2.27. The Labute approximate surface area is 127 Å². The Bertz CT molecular complexity index is 620. The first-order chi connectivity index (χ1) is 10.2. The molecule has 0 radical (unpaired) electrons. The highest BCUT2D eigenvalue weighted by atomic mass is 15.3. The Kier molecular flexibility index (Phi) is 5.19. The number of rotatable bonds is 6. The molecule has 0 saturated carbocycles. The maximum absolute atomic E-state index is 5.56. The van der Waals surface area contributed by atoms with Crippen molar-refractivity contribution in [1.82, 2.24) is 15.1 Å². The van der Waals surface area contributed by atoms with Crippen LogP contribution >= 0.6 is 0 Å². The Morgan fingerprint density at radius 3 is 2.62 bits per heavy atom. The minimum atomic E-state index is 0.133. The van der Waals surface area contributed by atoms with Crippen LogP contribution in [0.2, 0.25) is 0 Å². The summed E-state index contributed by atoms with van der Waals surface area (Å²) in [6.07, 6.45) is 7.65. The van der Waals surface area contributed by atoms with Gasteiger partial charge in [-0.2, -0.15) is 5.10 Å². The average molecular weight is 281 g/mol. The normalized spacial score (nSPS) is 12.1. The highest BCUT2D eigenvalue weighted by Gasteiger charge is 2.13. The molecular weight excluding hydrogens is 258 g/mol. The van der Waals surface area contributed by atoms with E-state index in [1.807, 2.05) is 29.8 Å². The van der Waals surface area contributed by atoms with Crippen molar-refractivity contribution in [3.8, 4) is 18.0 Å². The SMILES string of the molecule is C#CC(CCC)NCc1c(C)nn(-c2ccccc2)c1C. The second-order valence-electron chi connectivity index (χ2n) is 5.29. The average Bonchev–Trinajstić information content (AvgIpc) is 2.79. The molecule has 0 fully saturated rings. The lowest BCUT2D eigenvalue weighted by molar-refractivity contribution is 0.561. The predicted octanol–water partition coefficient (Wildman–Crippen LogP) is 3.38. The third-order valence-corrected chi connectivity index (χ3v) is 3.75. The maximum Gasteiger partial charge on any atom is 0.0689 e. The predicted molar refractivity (Wildman–Crippen MR) is 87.4 cm³/mol. The van der Waals surface area contributed by atoms with E-state index in [0.29, 0.717) is 0 Å². The zero-order valence-corrected chi connectivity index (χ0v) is 13.1. The van der Waals surface area contributed by atoms with Crippen LogP contribution in [-0.2, 0) is 6.54 Å². The molecule has 1 aromatic heterocycles. The van der Waals surface area contributed by atoms with Crippen LogP contribution in [0.15, 0.2) is 30.3 Å². The summed E-state index contributed by atoms with van der Waals surface area (Å²) in [4.78, 5) is 0. The van der Waals surface area contributed by atoms with Gasteiger partial charge in [0.15, 0.2) is 0 Å². The van der Waals surface area contributed by atoms with E-state index in [1.165, 1.54) is 11.3 Å². The largest absolute Gasteiger partial charge is 0.299 e. The summed E-state index contributed by atoms with van der Waals surface area (Å²) >= 11 is 0. The van der Waals surface area contributed by atoms with Crippen LogP contribution in [0.4, 0.5) is 0 Å². The summed E-state index contributed by atoms with van der Waals surface area (Å²) in [5.74, 6) is 2.81. The number of para-hydroxylation sites is 1. The third-order valence-electron chi connectivity index (χ3n) is 3.75. The minimum Gasteiger partial charge on any atom is -0.299 e. The van der Waals surface area contributed by atoms with Gasteiger partial charge in [-0.25, -0.2) is 4.68 Å². The molecule has 1 unspecified atom stereocenters. The Balaban J connectivity index is 2.19. The standard InChI is InChI=1S/C18H23N3/c1-5-10-16(6-2)19-13-18-14(3)20-21(15(18)4)17-11-8-7-9-12-17/h2,7-9,11-12,16,19H,5,10,13H2,1,3-4H3. The van der Waals surface area contributed by atoms with Gasteiger partial charge in [-0.15, -0.1) is 6.42 Å². The maximum atomic E-state index is 5.56. The molecule has 0 aliphatic heterocycles. The first kappa shape index (κ1) is 15.3. The number of terminal acetylenes is 1. The molecule has 0 aliphatic rings. The second-order valence-corrected chi connectivity index (χ2v) is 5.29. The highest BCUT2D eigenvalue weighted by Crippen LogP contribution is 2.17. The minimum absolute atomic E-state index is 0.133. The Morgan fingerprint density at radius 1 is 1.29 bits per heavy atom. The molecule has 0 spiro atoms. The monoisotopic (exact) mass is 281 g/mol. The fourth-order valence-electron chi connectivity index (χ4n) is 2.51. The van der Waals surface area contributed by atoms with Crippen LogP contribution in [0.25, 0.3) is 5.69 Å². The Morgan fingerprint density at radius 2 is 2.00 bits per heavy atom. The molecule has 0 aliphatic carbocycles. The molecule has 110 valence electrons. The lowest BCUT2D eigenvalue weighted by atomic mass is 10.1. The van der Waals surface area contributed by atoms with Gasteiger partial charge in [0, 0.05) is 17.8 Å². The first-order valence-electron chi connectivity index (χ1n) is 7.47. The zero-order valence-electron chi connectivity index (χ0n) is 13.1. The van der Waals surface area contributed by atoms with Gasteiger partial charge in [0.1, 0.15) is 0 Å². The third kappa shape index (κ3) is 3.53. The first-order valence-corrected chi connectivity index (χ1v) is 7.47. The molecule has 1 atom stereocenters. The number of benzene rings is 1. The van der Waals surface area contributed by atoms with Gasteiger partial charge < -0.3 is 0 Å². The summed E-state index contributed by atoms with van der Waals surface area (Å²) in [6.45, 7) is 7.07. The molecule has 2 aromatic rings. The van der Waals surface area contributed by atoms with Gasteiger partial charge in [0.2, 0.25) is 0 Å².